The Morgan fingerprint density at radius 2 is 1.93 bits per heavy atom. The molecule has 0 aliphatic heterocycles. The van der Waals surface area contributed by atoms with Crippen LogP contribution in [0.1, 0.15) is 5.56 Å². The molecule has 0 radical (unpaired) electrons. The molecule has 0 aliphatic carbocycles. The number of halogens is 1. The Morgan fingerprint density at radius 3 is 2.75 bits per heavy atom. The fourth-order valence-corrected chi connectivity index (χ4v) is 2.93. The average molecular weight is 384 g/mol. The topological polar surface area (TPSA) is 70.7 Å². The monoisotopic (exact) mass is 384 g/mol. The van der Waals surface area contributed by atoms with Gasteiger partial charge >= 0.3 is 0 Å². The van der Waals surface area contributed by atoms with Crippen LogP contribution in [0.15, 0.2) is 53.7 Å². The van der Waals surface area contributed by atoms with Crippen LogP contribution in [0.5, 0.6) is 11.5 Å². The third-order valence-electron chi connectivity index (χ3n) is 4.34. The Hall–Kier alpha value is -3.22. The SMILES string of the molecule is CN=C(NCCOc1cccc(OC)c1)NCCc1c[nH]c2cc(F)ccc12. The molecular formula is C21H25FN4O2. The van der Waals surface area contributed by atoms with E-state index >= 15 is 0 Å². The number of rotatable bonds is 8. The number of benzene rings is 2. The molecular weight excluding hydrogens is 359 g/mol. The van der Waals surface area contributed by atoms with Crippen molar-refractivity contribution in [2.45, 2.75) is 6.42 Å². The number of hydrogen-bond acceptors (Lipinski definition) is 3. The lowest BCUT2D eigenvalue weighted by Gasteiger charge is -2.12. The third-order valence-corrected chi connectivity index (χ3v) is 4.34. The van der Waals surface area contributed by atoms with E-state index in [2.05, 4.69) is 20.6 Å². The van der Waals surface area contributed by atoms with Gasteiger partial charge in [0.05, 0.1) is 13.7 Å². The molecule has 0 saturated carbocycles. The third kappa shape index (κ3) is 5.16. The van der Waals surface area contributed by atoms with Gasteiger partial charge in [0.1, 0.15) is 23.9 Å². The van der Waals surface area contributed by atoms with E-state index in [0.29, 0.717) is 25.7 Å². The summed E-state index contributed by atoms with van der Waals surface area (Å²) in [5, 5.41) is 7.53. The van der Waals surface area contributed by atoms with Crippen LogP contribution >= 0.6 is 0 Å². The number of hydrogen-bond donors (Lipinski definition) is 3. The van der Waals surface area contributed by atoms with E-state index in [1.165, 1.54) is 12.1 Å². The molecule has 3 rings (SSSR count). The lowest BCUT2D eigenvalue weighted by molar-refractivity contribution is 0.319. The Balaban J connectivity index is 1.40. The van der Waals surface area contributed by atoms with Crippen molar-refractivity contribution in [1.29, 1.82) is 0 Å². The van der Waals surface area contributed by atoms with E-state index in [0.717, 1.165) is 34.4 Å². The van der Waals surface area contributed by atoms with Gasteiger partial charge < -0.3 is 25.1 Å². The molecule has 0 spiro atoms. The van der Waals surface area contributed by atoms with E-state index in [-0.39, 0.29) is 5.82 Å². The summed E-state index contributed by atoms with van der Waals surface area (Å²) < 4.78 is 24.2. The van der Waals surface area contributed by atoms with Gasteiger partial charge in [0.25, 0.3) is 0 Å². The van der Waals surface area contributed by atoms with E-state index in [9.17, 15) is 4.39 Å². The predicted octanol–water partition coefficient (Wildman–Crippen LogP) is 3.10. The zero-order valence-corrected chi connectivity index (χ0v) is 16.1. The summed E-state index contributed by atoms with van der Waals surface area (Å²) in [7, 11) is 3.36. The van der Waals surface area contributed by atoms with Crippen LogP contribution in [0.2, 0.25) is 0 Å². The zero-order chi connectivity index (χ0) is 19.8. The fourth-order valence-electron chi connectivity index (χ4n) is 2.93. The summed E-state index contributed by atoms with van der Waals surface area (Å²) in [5.41, 5.74) is 1.95. The summed E-state index contributed by atoms with van der Waals surface area (Å²) in [5.74, 6) is 2.00. The fraction of sp³-hybridized carbons (Fsp3) is 0.286. The number of nitrogens with one attached hydrogen (secondary N) is 3. The summed E-state index contributed by atoms with van der Waals surface area (Å²) >= 11 is 0. The number of methoxy groups -OCH3 is 1. The predicted molar refractivity (Wildman–Crippen MR) is 110 cm³/mol. The summed E-state index contributed by atoms with van der Waals surface area (Å²) in [6.45, 7) is 1.83. The van der Waals surface area contributed by atoms with Crippen LogP contribution in [-0.4, -0.2) is 44.8 Å². The number of aromatic amines is 1. The minimum atomic E-state index is -0.236. The highest BCUT2D eigenvalue weighted by Crippen LogP contribution is 2.19. The molecule has 7 heteroatoms. The molecule has 148 valence electrons. The smallest absolute Gasteiger partial charge is 0.191 e. The van der Waals surface area contributed by atoms with E-state index in [1.807, 2.05) is 30.5 Å². The van der Waals surface area contributed by atoms with Gasteiger partial charge in [-0.05, 0) is 42.3 Å². The van der Waals surface area contributed by atoms with Crippen molar-refractivity contribution >= 4 is 16.9 Å². The summed E-state index contributed by atoms with van der Waals surface area (Å²) in [4.78, 5) is 7.32. The second kappa shape index (κ2) is 9.64. The molecule has 6 nitrogen and oxygen atoms in total. The van der Waals surface area contributed by atoms with E-state index in [1.54, 1.807) is 20.2 Å². The van der Waals surface area contributed by atoms with Crippen LogP contribution in [0.4, 0.5) is 4.39 Å². The maximum absolute atomic E-state index is 13.3. The number of fused-ring (bicyclic) bond motifs is 1. The van der Waals surface area contributed by atoms with Crippen molar-refractivity contribution in [3.05, 3.63) is 60.0 Å². The number of ether oxygens (including phenoxy) is 2. The highest BCUT2D eigenvalue weighted by atomic mass is 19.1. The Bertz CT molecular complexity index is 939. The van der Waals surface area contributed by atoms with Crippen molar-refractivity contribution < 1.29 is 13.9 Å². The second-order valence-corrected chi connectivity index (χ2v) is 6.21. The maximum Gasteiger partial charge on any atom is 0.191 e. The Kier molecular flexibility index (Phi) is 6.73. The van der Waals surface area contributed by atoms with Crippen molar-refractivity contribution in [2.24, 2.45) is 4.99 Å². The van der Waals surface area contributed by atoms with Crippen molar-refractivity contribution in [3.63, 3.8) is 0 Å². The Labute approximate surface area is 163 Å². The molecule has 1 heterocycles. The van der Waals surface area contributed by atoms with Crippen molar-refractivity contribution in [1.82, 2.24) is 15.6 Å². The van der Waals surface area contributed by atoms with Gasteiger partial charge in [-0.15, -0.1) is 0 Å². The minimum Gasteiger partial charge on any atom is -0.497 e. The molecule has 0 bridgehead atoms. The average Bonchev–Trinajstić information content (AvgIpc) is 3.11. The number of guanidine groups is 1. The van der Waals surface area contributed by atoms with Gasteiger partial charge in [0.15, 0.2) is 5.96 Å². The van der Waals surface area contributed by atoms with Crippen molar-refractivity contribution in [2.75, 3.05) is 33.9 Å². The van der Waals surface area contributed by atoms with Crippen LogP contribution in [0.25, 0.3) is 10.9 Å². The first kappa shape index (κ1) is 19.5. The normalized spacial score (nSPS) is 11.5. The first-order valence-electron chi connectivity index (χ1n) is 9.16. The number of H-pyrrole nitrogens is 1. The van der Waals surface area contributed by atoms with E-state index in [4.69, 9.17) is 9.47 Å². The van der Waals surface area contributed by atoms with E-state index < -0.39 is 0 Å². The number of aromatic nitrogens is 1. The lowest BCUT2D eigenvalue weighted by atomic mass is 10.1. The summed E-state index contributed by atoms with van der Waals surface area (Å²) in [6, 6.07) is 12.3. The molecule has 0 atom stereocenters. The van der Waals surface area contributed by atoms with Gasteiger partial charge in [0.2, 0.25) is 0 Å². The van der Waals surface area contributed by atoms with Gasteiger partial charge in [-0.3, -0.25) is 4.99 Å². The summed E-state index contributed by atoms with van der Waals surface area (Å²) in [6.07, 6.45) is 2.72. The molecule has 0 amide bonds. The van der Waals surface area contributed by atoms with Gasteiger partial charge in [-0.25, -0.2) is 4.39 Å². The Morgan fingerprint density at radius 1 is 1.11 bits per heavy atom. The van der Waals surface area contributed by atoms with Gasteiger partial charge in [0, 0.05) is 36.8 Å². The highest BCUT2D eigenvalue weighted by molar-refractivity contribution is 5.83. The second-order valence-electron chi connectivity index (χ2n) is 6.21. The molecule has 1 aromatic heterocycles. The minimum absolute atomic E-state index is 0.236. The molecule has 0 fully saturated rings. The van der Waals surface area contributed by atoms with Gasteiger partial charge in [-0.1, -0.05) is 6.07 Å². The maximum atomic E-state index is 13.3. The molecule has 0 aliphatic rings. The van der Waals surface area contributed by atoms with Crippen LogP contribution < -0.4 is 20.1 Å². The first-order chi connectivity index (χ1) is 13.7. The van der Waals surface area contributed by atoms with Crippen LogP contribution in [0.3, 0.4) is 0 Å². The number of aliphatic imine (C=N–C) groups is 1. The standard InChI is InChI=1S/C21H25FN4O2/c1-23-21(25-10-11-28-18-5-3-4-17(13-18)27-2)24-9-8-15-14-26-20-12-16(22)6-7-19(15)20/h3-7,12-14,26H,8-11H2,1-2H3,(H2,23,24,25). The molecule has 3 N–H and O–H groups in total. The van der Waals surface area contributed by atoms with Crippen molar-refractivity contribution in [3.8, 4) is 11.5 Å². The quantitative estimate of drug-likeness (QED) is 0.317. The van der Waals surface area contributed by atoms with Crippen LogP contribution in [-0.2, 0) is 6.42 Å². The molecule has 0 unspecified atom stereocenters. The molecule has 28 heavy (non-hydrogen) atoms. The molecule has 0 saturated heterocycles. The number of nitrogens with zero attached hydrogens (tertiary/aromatic N) is 1. The first-order valence-corrected chi connectivity index (χ1v) is 9.16. The zero-order valence-electron chi connectivity index (χ0n) is 16.1. The molecule has 2 aromatic carbocycles. The largest absolute Gasteiger partial charge is 0.497 e. The lowest BCUT2D eigenvalue weighted by Crippen LogP contribution is -2.40. The highest BCUT2D eigenvalue weighted by Gasteiger charge is 2.05. The van der Waals surface area contributed by atoms with Gasteiger partial charge in [-0.2, -0.15) is 0 Å². The molecule has 3 aromatic rings. The van der Waals surface area contributed by atoms with Crippen LogP contribution in [0, 0.1) is 5.82 Å².